The van der Waals surface area contributed by atoms with Gasteiger partial charge in [-0.25, -0.2) is 18.2 Å². The molecule has 15 heteroatoms. The maximum Gasteiger partial charge on any atom is 0.408 e. The Labute approximate surface area is 221 Å². The molecule has 2 N–H and O–H groups in total. The fourth-order valence-corrected chi connectivity index (χ4v) is 4.40. The third-order valence-electron chi connectivity index (χ3n) is 6.22. The molecule has 1 fully saturated rings. The molecular weight excluding hydrogens is 548 g/mol. The zero-order chi connectivity index (χ0) is 29.5. The van der Waals surface area contributed by atoms with Crippen molar-refractivity contribution in [1.29, 1.82) is 0 Å². The lowest BCUT2D eigenvalue weighted by atomic mass is 10.1. The number of pyridine rings is 2. The number of benzene rings is 1. The molecule has 3 aromatic rings. The Morgan fingerprint density at radius 2 is 1.77 bits per heavy atom. The Bertz CT molecular complexity index is 1570. The van der Waals surface area contributed by atoms with Gasteiger partial charge in [0.15, 0.2) is 17.3 Å². The second-order valence-electron chi connectivity index (χ2n) is 9.08. The largest absolute Gasteiger partial charge is 0.408 e. The number of fused-ring (bicyclic) bond motifs is 1. The van der Waals surface area contributed by atoms with Crippen LogP contribution >= 0.6 is 0 Å². The summed E-state index contributed by atoms with van der Waals surface area (Å²) in [4.78, 5) is 55.3. The monoisotopic (exact) mass is 569 g/mol. The first-order valence-corrected chi connectivity index (χ1v) is 11.9. The van der Waals surface area contributed by atoms with Crippen LogP contribution in [0.15, 0.2) is 35.3 Å². The number of rotatable bonds is 6. The highest BCUT2D eigenvalue weighted by molar-refractivity contribution is 5.99. The van der Waals surface area contributed by atoms with Crippen molar-refractivity contribution >= 4 is 34.6 Å². The Kier molecular flexibility index (Phi) is 7.59. The van der Waals surface area contributed by atoms with E-state index in [0.29, 0.717) is 22.9 Å². The number of amides is 3. The Morgan fingerprint density at radius 3 is 2.35 bits per heavy atom. The first-order valence-electron chi connectivity index (χ1n) is 11.9. The molecule has 3 amide bonds. The number of carbonyl (C=O) groups excluding carboxylic acids is 3. The lowest BCUT2D eigenvalue weighted by Gasteiger charge is -2.21. The van der Waals surface area contributed by atoms with E-state index >= 15 is 0 Å². The first-order chi connectivity index (χ1) is 18.7. The molecule has 2 aromatic heterocycles. The van der Waals surface area contributed by atoms with E-state index in [9.17, 15) is 45.5 Å². The van der Waals surface area contributed by atoms with E-state index in [-0.39, 0.29) is 24.7 Å². The molecule has 40 heavy (non-hydrogen) atoms. The number of hydrogen-bond acceptors (Lipinski definition) is 5. The summed E-state index contributed by atoms with van der Waals surface area (Å²) in [6.07, 6.45) is -4.88. The maximum absolute atomic E-state index is 14.9. The normalized spacial score (nSPS) is 16.4. The molecule has 1 aromatic carbocycles. The van der Waals surface area contributed by atoms with E-state index < -0.39 is 81.7 Å². The molecule has 2 atom stereocenters. The van der Waals surface area contributed by atoms with Crippen LogP contribution in [0, 0.1) is 17.5 Å². The van der Waals surface area contributed by atoms with Gasteiger partial charge < -0.3 is 10.6 Å². The van der Waals surface area contributed by atoms with Crippen molar-refractivity contribution in [2.24, 2.45) is 0 Å². The van der Waals surface area contributed by atoms with Gasteiger partial charge in [-0.3, -0.25) is 28.6 Å². The number of nitrogens with one attached hydrogen (secondary N) is 2. The highest BCUT2D eigenvalue weighted by atomic mass is 19.4. The maximum atomic E-state index is 14.9. The van der Waals surface area contributed by atoms with Crippen LogP contribution in [0.1, 0.15) is 37.0 Å². The van der Waals surface area contributed by atoms with Crippen LogP contribution in [0.5, 0.6) is 0 Å². The number of alkyl halides is 3. The van der Waals surface area contributed by atoms with E-state index in [2.05, 4.69) is 10.3 Å². The van der Waals surface area contributed by atoms with Crippen LogP contribution in [0.3, 0.4) is 0 Å². The topological polar surface area (TPSA) is 113 Å². The summed E-state index contributed by atoms with van der Waals surface area (Å²) < 4.78 is 83.7. The van der Waals surface area contributed by atoms with E-state index in [1.165, 1.54) is 13.0 Å². The summed E-state index contributed by atoms with van der Waals surface area (Å²) in [5.74, 6) is -6.61. The van der Waals surface area contributed by atoms with Gasteiger partial charge in [-0.15, -0.1) is 0 Å². The molecule has 9 nitrogen and oxygen atoms in total. The number of nitrogens with zero attached hydrogens (tertiary/aromatic N) is 3. The molecule has 0 spiro atoms. The molecule has 0 bridgehead atoms. The van der Waals surface area contributed by atoms with Gasteiger partial charge in [0.25, 0.3) is 5.91 Å². The molecule has 0 aliphatic carbocycles. The molecule has 1 saturated heterocycles. The quantitative estimate of drug-likeness (QED) is 0.443. The Hall–Kier alpha value is -4.43. The van der Waals surface area contributed by atoms with Gasteiger partial charge in [-0.05, 0) is 18.6 Å². The van der Waals surface area contributed by atoms with Crippen molar-refractivity contribution in [3.63, 3.8) is 0 Å². The van der Waals surface area contributed by atoms with Gasteiger partial charge in [0.05, 0.1) is 11.4 Å². The van der Waals surface area contributed by atoms with Crippen LogP contribution < -0.4 is 21.0 Å². The zero-order valence-corrected chi connectivity index (χ0v) is 20.9. The summed E-state index contributed by atoms with van der Waals surface area (Å²) in [5.41, 5.74) is -3.44. The standard InChI is InChI=1S/C25H21F6N5O4/c1-3-18(25(29,30)31)33-24(40)15-10-36(21-16(27)6-12(26)7-17(21)28)23-14(22(15)39)4-5-19(34-23)35-9-13(8-20(35)38)32-11(2)37/h4-7,10,13,18H,3,8-9H2,1-2H3,(H,32,37)(H,33,40)/t13-,18?/m0/s1. The van der Waals surface area contributed by atoms with Crippen LogP contribution in [-0.2, 0) is 9.59 Å². The summed E-state index contributed by atoms with van der Waals surface area (Å²) in [6, 6.07) is 0.0532. The van der Waals surface area contributed by atoms with Crippen LogP contribution in [0.4, 0.5) is 32.2 Å². The van der Waals surface area contributed by atoms with Crippen molar-refractivity contribution in [1.82, 2.24) is 20.2 Å². The van der Waals surface area contributed by atoms with E-state index in [4.69, 9.17) is 0 Å². The average Bonchev–Trinajstić information content (AvgIpc) is 3.21. The van der Waals surface area contributed by atoms with Gasteiger partial charge in [-0.1, -0.05) is 6.92 Å². The highest BCUT2D eigenvalue weighted by Crippen LogP contribution is 2.27. The third-order valence-corrected chi connectivity index (χ3v) is 6.22. The Morgan fingerprint density at radius 1 is 1.12 bits per heavy atom. The van der Waals surface area contributed by atoms with Gasteiger partial charge in [0.1, 0.15) is 28.9 Å². The fourth-order valence-electron chi connectivity index (χ4n) is 4.40. The number of hydrogen-bond donors (Lipinski definition) is 2. The lowest BCUT2D eigenvalue weighted by Crippen LogP contribution is -2.46. The smallest absolute Gasteiger partial charge is 0.351 e. The predicted octanol–water partition coefficient (Wildman–Crippen LogP) is 3.12. The summed E-state index contributed by atoms with van der Waals surface area (Å²) in [6.45, 7) is 2.40. The molecule has 4 rings (SSSR count). The summed E-state index contributed by atoms with van der Waals surface area (Å²) >= 11 is 0. The minimum Gasteiger partial charge on any atom is -0.351 e. The highest BCUT2D eigenvalue weighted by Gasteiger charge is 2.40. The molecular formula is C25H21F6N5O4. The van der Waals surface area contributed by atoms with Crippen molar-refractivity contribution in [2.45, 2.75) is 44.9 Å². The lowest BCUT2D eigenvalue weighted by molar-refractivity contribution is -0.153. The average molecular weight is 569 g/mol. The van der Waals surface area contributed by atoms with Crippen molar-refractivity contribution in [2.75, 3.05) is 11.4 Å². The molecule has 212 valence electrons. The van der Waals surface area contributed by atoms with Crippen LogP contribution in [-0.4, -0.2) is 52.1 Å². The van der Waals surface area contributed by atoms with Crippen molar-refractivity contribution in [3.05, 3.63) is 63.7 Å². The van der Waals surface area contributed by atoms with Crippen molar-refractivity contribution in [3.8, 4) is 5.69 Å². The van der Waals surface area contributed by atoms with Gasteiger partial charge in [-0.2, -0.15) is 13.2 Å². The second kappa shape index (κ2) is 10.6. The third kappa shape index (κ3) is 5.49. The number of anilines is 1. The van der Waals surface area contributed by atoms with Crippen LogP contribution in [0.25, 0.3) is 16.7 Å². The van der Waals surface area contributed by atoms with E-state index in [1.807, 2.05) is 0 Å². The second-order valence-corrected chi connectivity index (χ2v) is 9.08. The SMILES string of the molecule is CCC(NC(=O)c1cn(-c2c(F)cc(F)cc2F)c2nc(N3C[C@@H](NC(C)=O)CC3=O)ccc2c1=O)C(F)(F)F. The Balaban J connectivity index is 1.91. The van der Waals surface area contributed by atoms with Crippen molar-refractivity contribution < 1.29 is 40.7 Å². The molecule has 1 aliphatic rings. The minimum absolute atomic E-state index is 0.0171. The summed E-state index contributed by atoms with van der Waals surface area (Å²) in [7, 11) is 0. The zero-order valence-electron chi connectivity index (χ0n) is 20.9. The number of aromatic nitrogens is 2. The van der Waals surface area contributed by atoms with E-state index in [1.54, 1.807) is 5.32 Å². The molecule has 1 aliphatic heterocycles. The molecule has 3 heterocycles. The van der Waals surface area contributed by atoms with Gasteiger partial charge in [0.2, 0.25) is 17.2 Å². The minimum atomic E-state index is -4.84. The fraction of sp³-hybridized carbons (Fsp3) is 0.320. The van der Waals surface area contributed by atoms with Crippen LogP contribution in [0.2, 0.25) is 0 Å². The molecule has 0 saturated carbocycles. The number of carbonyl (C=O) groups is 3. The first kappa shape index (κ1) is 28.6. The van der Waals surface area contributed by atoms with Gasteiger partial charge in [0, 0.05) is 38.2 Å². The summed E-state index contributed by atoms with van der Waals surface area (Å²) in [5, 5.41) is 3.85. The van der Waals surface area contributed by atoms with E-state index in [0.717, 1.165) is 17.9 Å². The van der Waals surface area contributed by atoms with Gasteiger partial charge >= 0.3 is 6.18 Å². The molecule has 1 unspecified atom stereocenters. The predicted molar refractivity (Wildman–Crippen MR) is 129 cm³/mol. The molecule has 0 radical (unpaired) electrons. The number of halogens is 6.